The lowest BCUT2D eigenvalue weighted by molar-refractivity contribution is -0.192. The third-order valence-corrected chi connectivity index (χ3v) is 8.72. The predicted octanol–water partition coefficient (Wildman–Crippen LogP) is 1.70. The van der Waals surface area contributed by atoms with Crippen LogP contribution in [0, 0.1) is 0 Å². The van der Waals surface area contributed by atoms with Crippen LogP contribution >= 0.6 is 0 Å². The van der Waals surface area contributed by atoms with Crippen molar-refractivity contribution >= 4 is 0 Å². The fourth-order valence-corrected chi connectivity index (χ4v) is 6.64. The lowest BCUT2D eigenvalue weighted by atomic mass is 9.69. The lowest BCUT2D eigenvalue weighted by Gasteiger charge is -2.47. The largest absolute Gasteiger partial charge is 0.504 e. The summed E-state index contributed by atoms with van der Waals surface area (Å²) < 4.78 is 18.1. The van der Waals surface area contributed by atoms with Gasteiger partial charge in [0.1, 0.15) is 18.3 Å². The van der Waals surface area contributed by atoms with Gasteiger partial charge in [-0.3, -0.25) is 0 Å². The van der Waals surface area contributed by atoms with Crippen molar-refractivity contribution in [3.05, 3.63) is 28.3 Å². The van der Waals surface area contributed by atoms with Gasteiger partial charge in [0.15, 0.2) is 34.5 Å². The minimum Gasteiger partial charge on any atom is -0.504 e. The van der Waals surface area contributed by atoms with Crippen LogP contribution in [-0.2, 0) is 39.4 Å². The third kappa shape index (κ3) is 3.77. The first kappa shape index (κ1) is 28.8. The second kappa shape index (κ2) is 9.59. The van der Waals surface area contributed by atoms with E-state index >= 15 is 0 Å². The number of phenols is 9. The Balaban J connectivity index is 1.87. The number of hydrogen-bond acceptors (Lipinski definition) is 14. The van der Waals surface area contributed by atoms with Gasteiger partial charge in [0, 0.05) is 38.8 Å². The van der Waals surface area contributed by atoms with E-state index in [1.54, 1.807) is 13.8 Å². The van der Waals surface area contributed by atoms with Gasteiger partial charge in [-0.05, 0) is 17.2 Å². The molecule has 0 radical (unpaired) electrons. The average molecular weight is 603 g/mol. The summed E-state index contributed by atoms with van der Waals surface area (Å²) in [6, 6.07) is 0.993. The van der Waals surface area contributed by atoms with Crippen molar-refractivity contribution in [2.75, 3.05) is 6.61 Å². The molecule has 0 aromatic heterocycles. The molecule has 43 heavy (non-hydrogen) atoms. The highest BCUT2D eigenvalue weighted by Gasteiger charge is 2.51. The van der Waals surface area contributed by atoms with Crippen LogP contribution in [-0.4, -0.2) is 87.2 Å². The molecule has 0 saturated carbocycles. The third-order valence-electron chi connectivity index (χ3n) is 8.72. The molecule has 230 valence electrons. The highest BCUT2D eigenvalue weighted by Crippen LogP contribution is 2.62. The maximum absolute atomic E-state index is 11.5. The molecule has 3 aromatic rings. The Morgan fingerprint density at radius 2 is 1.19 bits per heavy atom. The van der Waals surface area contributed by atoms with E-state index in [9.17, 15) is 56.2 Å². The first-order chi connectivity index (χ1) is 20.2. The summed E-state index contributed by atoms with van der Waals surface area (Å²) in [5.41, 5.74) is -2.96. The molecule has 3 aromatic carbocycles. The molecule has 4 heterocycles. The number of ether oxygens (including phenoxy) is 3. The van der Waals surface area contributed by atoms with Crippen LogP contribution in [0.25, 0.3) is 22.3 Å². The topological polar surface area (TPSA) is 250 Å². The van der Waals surface area contributed by atoms with Crippen LogP contribution in [0.5, 0.6) is 51.7 Å². The van der Waals surface area contributed by atoms with E-state index in [1.165, 1.54) is 0 Å². The van der Waals surface area contributed by atoms with E-state index in [0.717, 1.165) is 6.07 Å². The van der Waals surface area contributed by atoms with Gasteiger partial charge in [0.05, 0.1) is 32.5 Å². The smallest absolute Gasteiger partial charge is 0.201 e. The molecule has 4 aliphatic heterocycles. The zero-order valence-electron chi connectivity index (χ0n) is 22.9. The quantitative estimate of drug-likeness (QED) is 0.177. The number of benzene rings is 3. The second-order valence-corrected chi connectivity index (χ2v) is 11.4. The minimum absolute atomic E-state index is 0.0540. The standard InChI is InChI=1S/C29H30O14/c1-29(2)17-10-7-43-28(29)27-19(33)12(4-30)41-5-8-3-11(31)18(32)20(34)13(8)14-9(6-42-27)15(22(36)25(39)21(14)35)16(10)23(37)26(40)24(17)38/h3,12,19,27-28,30-40H,4-7H2,1-2H3. The van der Waals surface area contributed by atoms with Crippen LogP contribution in [0.4, 0.5) is 0 Å². The molecule has 4 unspecified atom stereocenters. The fourth-order valence-electron chi connectivity index (χ4n) is 6.64. The lowest BCUT2D eigenvalue weighted by Crippen LogP contribution is -2.56. The van der Waals surface area contributed by atoms with Crippen molar-refractivity contribution in [3.8, 4) is 74.0 Å². The Kier molecular flexibility index (Phi) is 6.41. The molecule has 0 spiro atoms. The summed E-state index contributed by atoms with van der Waals surface area (Å²) in [6.07, 6.45) is -5.44. The SMILES string of the molecule is CC1(C)c2c(O)c(O)c(O)c3c2COC1C1OCc2c(c(O)c(O)c(O)c2-3)-c2c(cc(O)c(O)c2O)COC(CO)C1O. The summed E-state index contributed by atoms with van der Waals surface area (Å²) in [5, 5.41) is 120. The van der Waals surface area contributed by atoms with Gasteiger partial charge >= 0.3 is 0 Å². The number of phenolic OH excluding ortho intramolecular Hbond substituents is 9. The van der Waals surface area contributed by atoms with Gasteiger partial charge in [-0.2, -0.15) is 0 Å². The molecule has 11 N–H and O–H groups in total. The van der Waals surface area contributed by atoms with Crippen LogP contribution in [0.15, 0.2) is 6.07 Å². The van der Waals surface area contributed by atoms with Crippen molar-refractivity contribution in [2.45, 2.75) is 63.5 Å². The number of aromatic hydroxyl groups is 9. The molecule has 0 amide bonds. The molecule has 4 aliphatic rings. The van der Waals surface area contributed by atoms with Gasteiger partial charge in [-0.25, -0.2) is 0 Å². The minimum atomic E-state index is -1.63. The normalized spacial score (nSPS) is 23.9. The summed E-state index contributed by atoms with van der Waals surface area (Å²) >= 11 is 0. The Labute approximate surface area is 243 Å². The van der Waals surface area contributed by atoms with Crippen LogP contribution in [0.2, 0.25) is 0 Å². The van der Waals surface area contributed by atoms with E-state index in [4.69, 9.17) is 14.2 Å². The molecular weight excluding hydrogens is 572 g/mol. The molecule has 0 fully saturated rings. The zero-order valence-corrected chi connectivity index (χ0v) is 22.9. The molecular formula is C29H30O14. The summed E-state index contributed by atoms with van der Waals surface area (Å²) in [6.45, 7) is 0.954. The first-order valence-corrected chi connectivity index (χ1v) is 13.2. The summed E-state index contributed by atoms with van der Waals surface area (Å²) in [4.78, 5) is 0. The Morgan fingerprint density at radius 3 is 1.81 bits per heavy atom. The second-order valence-electron chi connectivity index (χ2n) is 11.4. The fraction of sp³-hybridized carbons (Fsp3) is 0.379. The molecule has 6 bridgehead atoms. The number of rotatable bonds is 1. The molecule has 0 saturated heterocycles. The van der Waals surface area contributed by atoms with Gasteiger partial charge < -0.3 is 70.4 Å². The highest BCUT2D eigenvalue weighted by atomic mass is 16.6. The van der Waals surface area contributed by atoms with Crippen molar-refractivity contribution in [2.24, 2.45) is 0 Å². The number of hydrogen-bond donors (Lipinski definition) is 11. The van der Waals surface area contributed by atoms with Crippen molar-refractivity contribution in [3.63, 3.8) is 0 Å². The average Bonchev–Trinajstić information content (AvgIpc) is 2.98. The van der Waals surface area contributed by atoms with E-state index in [1.807, 2.05) is 0 Å². The van der Waals surface area contributed by atoms with Gasteiger partial charge in [-0.1, -0.05) is 13.8 Å². The van der Waals surface area contributed by atoms with Crippen molar-refractivity contribution in [1.29, 1.82) is 0 Å². The van der Waals surface area contributed by atoms with Crippen LogP contribution in [0.1, 0.15) is 36.1 Å². The Morgan fingerprint density at radius 1 is 0.651 bits per heavy atom. The van der Waals surface area contributed by atoms with Gasteiger partial charge in [-0.15, -0.1) is 0 Å². The Hall–Kier alpha value is -4.34. The molecule has 14 nitrogen and oxygen atoms in total. The number of fused-ring (bicyclic) bond motifs is 3. The maximum Gasteiger partial charge on any atom is 0.201 e. The molecule has 7 rings (SSSR count). The maximum atomic E-state index is 11.5. The summed E-state index contributed by atoms with van der Waals surface area (Å²) in [7, 11) is 0. The highest BCUT2D eigenvalue weighted by molar-refractivity contribution is 5.97. The van der Waals surface area contributed by atoms with Crippen molar-refractivity contribution < 1.29 is 70.4 Å². The number of aliphatic hydroxyl groups is 2. The number of aliphatic hydroxyl groups excluding tert-OH is 2. The predicted molar refractivity (Wildman–Crippen MR) is 144 cm³/mol. The molecule has 0 aliphatic carbocycles. The zero-order chi connectivity index (χ0) is 31.3. The molecule has 4 atom stereocenters. The van der Waals surface area contributed by atoms with E-state index in [0.29, 0.717) is 0 Å². The van der Waals surface area contributed by atoms with E-state index in [-0.39, 0.29) is 40.0 Å². The van der Waals surface area contributed by atoms with Crippen LogP contribution < -0.4 is 0 Å². The Bertz CT molecular complexity index is 1680. The van der Waals surface area contributed by atoms with E-state index < -0.39 is 113 Å². The first-order valence-electron chi connectivity index (χ1n) is 13.2. The summed E-state index contributed by atoms with van der Waals surface area (Å²) in [5.74, 6) is -8.45. The van der Waals surface area contributed by atoms with Gasteiger partial charge in [0.2, 0.25) is 17.2 Å². The monoisotopic (exact) mass is 602 g/mol. The van der Waals surface area contributed by atoms with Crippen molar-refractivity contribution in [1.82, 2.24) is 0 Å². The van der Waals surface area contributed by atoms with Gasteiger partial charge in [0.25, 0.3) is 0 Å². The molecule has 14 heteroatoms. The van der Waals surface area contributed by atoms with Crippen LogP contribution in [0.3, 0.4) is 0 Å². The van der Waals surface area contributed by atoms with E-state index in [2.05, 4.69) is 0 Å².